The summed E-state index contributed by atoms with van der Waals surface area (Å²) in [5.41, 5.74) is 12.1. The van der Waals surface area contributed by atoms with Crippen molar-refractivity contribution in [1.82, 2.24) is 9.55 Å². The fourth-order valence-corrected chi connectivity index (χ4v) is 9.44. The van der Waals surface area contributed by atoms with Crippen LogP contribution in [-0.4, -0.2) is 9.55 Å². The van der Waals surface area contributed by atoms with Crippen LogP contribution in [0.4, 0.5) is 22.7 Å². The van der Waals surface area contributed by atoms with E-state index >= 15 is 0 Å². The van der Waals surface area contributed by atoms with E-state index in [1.165, 1.54) is 16.7 Å². The van der Waals surface area contributed by atoms with Crippen LogP contribution in [0.5, 0.6) is 11.5 Å². The first-order valence-corrected chi connectivity index (χ1v) is 23.9. The van der Waals surface area contributed by atoms with Crippen LogP contribution in [0.3, 0.4) is 0 Å². The Bertz CT molecular complexity index is 3640. The molecule has 1 aliphatic rings. The molecule has 70 heavy (non-hydrogen) atoms. The molecule has 9 aromatic rings. The van der Waals surface area contributed by atoms with Crippen LogP contribution in [0.15, 0.2) is 158 Å². The van der Waals surface area contributed by atoms with Crippen LogP contribution in [0, 0.1) is 18.8 Å². The molecule has 0 aliphatic carbocycles. The smallest absolute Gasteiger partial charge is 0.135 e. The second-order valence-electron chi connectivity index (χ2n) is 22.4. The largest absolute Gasteiger partial charge is 0.509 e. The summed E-state index contributed by atoms with van der Waals surface area (Å²) in [5.74, 6) is 1.60. The van der Waals surface area contributed by atoms with Gasteiger partial charge < -0.3 is 19.1 Å². The van der Waals surface area contributed by atoms with Gasteiger partial charge in [-0.2, -0.15) is 6.07 Å². The zero-order chi connectivity index (χ0) is 53.0. The molecule has 5 nitrogen and oxygen atoms in total. The molecular formula is C64H63N4OPt-3. The molecule has 1 aliphatic heterocycles. The number of rotatable bonds is 7. The summed E-state index contributed by atoms with van der Waals surface area (Å²) in [4.78, 5) is 9.51. The average molecular weight is 1100 g/mol. The van der Waals surface area contributed by atoms with Gasteiger partial charge in [-0.25, -0.2) is 4.98 Å². The Kier molecular flexibility index (Phi) is 11.0. The summed E-state index contributed by atoms with van der Waals surface area (Å²) < 4.78 is 51.9. The summed E-state index contributed by atoms with van der Waals surface area (Å²) in [6.45, 7) is 28.7. The van der Waals surface area contributed by atoms with Gasteiger partial charge in [0.05, 0.1) is 6.85 Å². The van der Waals surface area contributed by atoms with Gasteiger partial charge in [-0.05, 0) is 96.8 Å². The summed E-state index contributed by atoms with van der Waals surface area (Å²) >= 11 is 0. The number of ether oxygens (including phenoxy) is 1. The number of fused-ring (bicyclic) bond motifs is 4. The first-order valence-electron chi connectivity index (χ1n) is 26.4. The number of hydrogen-bond donors (Lipinski definition) is 0. The van der Waals surface area contributed by atoms with E-state index in [2.05, 4.69) is 213 Å². The second kappa shape index (κ2) is 18.1. The summed E-state index contributed by atoms with van der Waals surface area (Å²) in [7, 11) is 0. The number of aromatic nitrogens is 2. The van der Waals surface area contributed by atoms with Gasteiger partial charge in [0, 0.05) is 66.9 Å². The van der Waals surface area contributed by atoms with Crippen molar-refractivity contribution in [1.29, 1.82) is 0 Å². The summed E-state index contributed by atoms with van der Waals surface area (Å²) in [6, 6.07) is 48.1. The molecule has 7 aromatic carbocycles. The van der Waals surface area contributed by atoms with Gasteiger partial charge in [-0.15, -0.1) is 53.6 Å². The molecule has 10 rings (SSSR count). The Morgan fingerprint density at radius 1 is 0.543 bits per heavy atom. The van der Waals surface area contributed by atoms with E-state index in [9.17, 15) is 0 Å². The molecule has 2 aromatic heterocycles. The van der Waals surface area contributed by atoms with Crippen molar-refractivity contribution in [2.75, 3.05) is 9.80 Å². The van der Waals surface area contributed by atoms with Crippen LogP contribution in [0.2, 0.25) is 0 Å². The van der Waals surface area contributed by atoms with Crippen molar-refractivity contribution in [2.45, 2.75) is 105 Å². The van der Waals surface area contributed by atoms with Gasteiger partial charge >= 0.3 is 0 Å². The molecule has 0 radical (unpaired) electrons. The van der Waals surface area contributed by atoms with E-state index in [4.69, 9.17) is 16.6 Å². The third kappa shape index (κ3) is 9.22. The van der Waals surface area contributed by atoms with Gasteiger partial charge in [-0.3, -0.25) is 0 Å². The van der Waals surface area contributed by atoms with Crippen molar-refractivity contribution in [3.05, 3.63) is 199 Å². The minimum Gasteiger partial charge on any atom is -0.509 e. The van der Waals surface area contributed by atoms with Crippen LogP contribution < -0.4 is 14.5 Å². The van der Waals surface area contributed by atoms with Crippen LogP contribution >= 0.6 is 0 Å². The Balaban J connectivity index is 0.00000689. The first-order chi connectivity index (χ1) is 34.8. The number of nitrogens with zero attached hydrogens (tertiary/aromatic N) is 4. The number of anilines is 4. The van der Waals surface area contributed by atoms with Gasteiger partial charge in [0.15, 0.2) is 0 Å². The van der Waals surface area contributed by atoms with Crippen molar-refractivity contribution in [3.63, 3.8) is 0 Å². The molecular weight excluding hydrogens is 1040 g/mol. The molecule has 0 atom stereocenters. The third-order valence-corrected chi connectivity index (χ3v) is 13.2. The second-order valence-corrected chi connectivity index (χ2v) is 22.4. The zero-order valence-corrected chi connectivity index (χ0v) is 44.5. The standard InChI is InChI=1S/C64H63N4O.Pt/c1-61(2,3)44-34-45(62(4,5)6)36-47(35-44)67-41-66(57-28-20-21-29-58(57)67)46-32-43(50-24-16-18-26-54(50)63(7,8)9)33-49(37-46)69-48-30-31-52-51-25-17-19-27-56(51)68(59(52)38-48)60-39-55(64(10,11)12)53(40-65-60)42-22-14-13-15-23-42;/h13-36,39-41H,1-12H3;/q-3;/i13D,14D,15D,22D,23D;. The molecule has 0 unspecified atom stereocenters. The van der Waals surface area contributed by atoms with E-state index < -0.39 is 11.5 Å². The quantitative estimate of drug-likeness (QED) is 0.149. The maximum absolute atomic E-state index is 8.85. The Morgan fingerprint density at radius 3 is 1.84 bits per heavy atom. The predicted octanol–water partition coefficient (Wildman–Crippen LogP) is 17.5. The van der Waals surface area contributed by atoms with E-state index in [1.54, 1.807) is 6.20 Å². The Morgan fingerprint density at radius 2 is 1.17 bits per heavy atom. The Labute approximate surface area is 437 Å². The van der Waals surface area contributed by atoms with Gasteiger partial charge in [0.1, 0.15) is 5.82 Å². The van der Waals surface area contributed by atoms with Crippen molar-refractivity contribution >= 4 is 44.6 Å². The SMILES string of the molecule is [2H]c1c([2H])c([2H])c(-c2cnc(-n3c4[c-]c(Oc5[c-]c(N6[CH-]N(c7cc(C(C)(C)C)cc(C(C)(C)C)c7)c7ccccc76)cc(-c6ccccc6C(C)(C)C)c5)ccc4c4ccccc43)cc2C(C)(C)C)c([2H])c1[2H].[Pt]. The predicted molar refractivity (Wildman–Crippen MR) is 290 cm³/mol. The van der Waals surface area contributed by atoms with Crippen molar-refractivity contribution < 1.29 is 32.7 Å². The molecule has 6 heteroatoms. The molecule has 0 spiro atoms. The topological polar surface area (TPSA) is 33.5 Å². The summed E-state index contributed by atoms with van der Waals surface area (Å²) in [5, 5.41) is 1.96. The Hall–Kier alpha value is -6.42. The summed E-state index contributed by atoms with van der Waals surface area (Å²) in [6.07, 6.45) is 1.64. The molecule has 0 bridgehead atoms. The fraction of sp³-hybridized carbons (Fsp3) is 0.250. The van der Waals surface area contributed by atoms with Crippen LogP contribution in [-0.2, 0) is 42.7 Å². The molecule has 0 fully saturated rings. The molecule has 0 amide bonds. The molecule has 0 saturated carbocycles. The minimum atomic E-state index is -0.507. The average Bonchev–Trinajstić information content (AvgIpc) is 3.90. The van der Waals surface area contributed by atoms with Gasteiger partial charge in [-0.1, -0.05) is 179 Å². The van der Waals surface area contributed by atoms with E-state index in [-0.39, 0.29) is 67.0 Å². The molecule has 358 valence electrons. The maximum atomic E-state index is 8.85. The van der Waals surface area contributed by atoms with Crippen LogP contribution in [0.1, 0.15) is 112 Å². The van der Waals surface area contributed by atoms with Crippen LogP contribution in [0.25, 0.3) is 49.9 Å². The first kappa shape index (κ1) is 42.5. The molecule has 3 heterocycles. The molecule has 0 N–H and O–H groups in total. The number of hydrogen-bond acceptors (Lipinski definition) is 4. The van der Waals surface area contributed by atoms with Crippen molar-refractivity contribution in [3.8, 4) is 39.6 Å². The fourth-order valence-electron chi connectivity index (χ4n) is 9.44. The van der Waals surface area contributed by atoms with E-state index in [0.29, 0.717) is 22.9 Å². The van der Waals surface area contributed by atoms with Gasteiger partial charge in [0.25, 0.3) is 0 Å². The van der Waals surface area contributed by atoms with Crippen molar-refractivity contribution in [2.24, 2.45) is 0 Å². The zero-order valence-electron chi connectivity index (χ0n) is 47.2. The van der Waals surface area contributed by atoms with E-state index in [0.717, 1.165) is 61.2 Å². The number of pyridine rings is 1. The maximum Gasteiger partial charge on any atom is 0.135 e. The number of para-hydroxylation sites is 3. The minimum absolute atomic E-state index is 0. The van der Waals surface area contributed by atoms with Gasteiger partial charge in [0.2, 0.25) is 0 Å². The molecule has 0 saturated heterocycles. The van der Waals surface area contributed by atoms with E-state index in [1.807, 2.05) is 24.3 Å². The number of benzene rings is 7. The normalized spacial score (nSPS) is 14.2. The monoisotopic (exact) mass is 1100 g/mol. The third-order valence-electron chi connectivity index (χ3n) is 13.2.